The van der Waals surface area contributed by atoms with Crippen LogP contribution in [-0.4, -0.2) is 13.6 Å². The molecular formula is C16H14O2. The lowest BCUT2D eigenvalue weighted by atomic mass is 10.0. The van der Waals surface area contributed by atoms with Gasteiger partial charge in [0.2, 0.25) is 0 Å². The molecule has 0 aliphatic heterocycles. The van der Waals surface area contributed by atoms with E-state index in [1.165, 1.54) is 28.7 Å². The van der Waals surface area contributed by atoms with E-state index in [2.05, 4.69) is 65.4 Å². The number of carbonyl (C=O) groups excluding carboxylic acids is 1. The Kier molecular flexibility index (Phi) is 3.92. The van der Waals surface area contributed by atoms with E-state index in [1.54, 1.807) is 0 Å². The second-order valence-electron chi connectivity index (χ2n) is 3.84. The lowest BCUT2D eigenvalue weighted by molar-refractivity contribution is -0.126. The minimum absolute atomic E-state index is 0.375. The average Bonchev–Trinajstić information content (AvgIpc) is 2.47. The van der Waals surface area contributed by atoms with Crippen LogP contribution >= 0.6 is 0 Å². The first kappa shape index (κ1) is 12.1. The van der Waals surface area contributed by atoms with Gasteiger partial charge >= 0.3 is 0 Å². The molecule has 0 atom stereocenters. The highest BCUT2D eigenvalue weighted by Gasteiger charge is 1.97. The number of methoxy groups -OCH3 is 1. The highest BCUT2D eigenvalue weighted by Crippen LogP contribution is 2.24. The van der Waals surface area contributed by atoms with Gasteiger partial charge in [0.25, 0.3) is 6.47 Å². The standard InChI is InChI=1S/C14H10.C2H4O2/c1-3-7-13-11(5-1)9-10-12-6-2-4-8-14(12)13;1-4-2-3/h1-10H;2H,1H3. The maximum absolute atomic E-state index is 8.95. The molecule has 0 bridgehead atoms. The first-order valence-corrected chi connectivity index (χ1v) is 5.70. The largest absolute Gasteiger partial charge is 0.471 e. The Bertz CT molecular complexity index is 604. The molecule has 0 saturated heterocycles. The predicted octanol–water partition coefficient (Wildman–Crippen LogP) is 3.78. The van der Waals surface area contributed by atoms with Crippen LogP contribution in [0.5, 0.6) is 0 Å². The van der Waals surface area contributed by atoms with Crippen molar-refractivity contribution >= 4 is 28.0 Å². The SMILES string of the molecule is COC=O.c1ccc2c(c1)ccc1ccccc12. The van der Waals surface area contributed by atoms with Gasteiger partial charge in [0, 0.05) is 0 Å². The number of fused-ring (bicyclic) bond motifs is 3. The fourth-order valence-electron chi connectivity index (χ4n) is 1.95. The first-order chi connectivity index (χ1) is 8.86. The van der Waals surface area contributed by atoms with Crippen molar-refractivity contribution in [3.8, 4) is 0 Å². The molecule has 0 radical (unpaired) electrons. The number of hydrogen-bond acceptors (Lipinski definition) is 2. The summed E-state index contributed by atoms with van der Waals surface area (Å²) in [6.45, 7) is 0.375. The molecule has 0 saturated carbocycles. The Hall–Kier alpha value is -2.35. The third-order valence-corrected chi connectivity index (χ3v) is 2.75. The Morgan fingerprint density at radius 3 is 1.56 bits per heavy atom. The van der Waals surface area contributed by atoms with Gasteiger partial charge < -0.3 is 4.74 Å². The number of benzene rings is 3. The van der Waals surface area contributed by atoms with Gasteiger partial charge in [-0.2, -0.15) is 0 Å². The summed E-state index contributed by atoms with van der Waals surface area (Å²) in [6.07, 6.45) is 0. The highest BCUT2D eigenvalue weighted by molar-refractivity contribution is 6.07. The van der Waals surface area contributed by atoms with Crippen LogP contribution in [0.4, 0.5) is 0 Å². The number of carbonyl (C=O) groups is 1. The van der Waals surface area contributed by atoms with Crippen molar-refractivity contribution in [2.45, 2.75) is 0 Å². The van der Waals surface area contributed by atoms with Crippen molar-refractivity contribution in [2.75, 3.05) is 7.11 Å². The molecule has 0 fully saturated rings. The van der Waals surface area contributed by atoms with Crippen LogP contribution in [0.1, 0.15) is 0 Å². The third kappa shape index (κ3) is 2.48. The summed E-state index contributed by atoms with van der Waals surface area (Å²) < 4.78 is 3.86. The summed E-state index contributed by atoms with van der Waals surface area (Å²) in [5.74, 6) is 0. The molecule has 3 aromatic carbocycles. The van der Waals surface area contributed by atoms with Crippen molar-refractivity contribution in [1.29, 1.82) is 0 Å². The highest BCUT2D eigenvalue weighted by atomic mass is 16.5. The zero-order chi connectivity index (χ0) is 12.8. The second kappa shape index (κ2) is 5.82. The molecule has 3 aromatic rings. The zero-order valence-electron chi connectivity index (χ0n) is 10.2. The van der Waals surface area contributed by atoms with Gasteiger partial charge in [0.15, 0.2) is 0 Å². The lowest BCUT2D eigenvalue weighted by Crippen LogP contribution is -1.75. The summed E-state index contributed by atoms with van der Waals surface area (Å²) in [5, 5.41) is 5.30. The minimum atomic E-state index is 0.375. The van der Waals surface area contributed by atoms with Crippen molar-refractivity contribution in [1.82, 2.24) is 0 Å². The molecule has 0 aliphatic carbocycles. The molecule has 0 aromatic heterocycles. The maximum atomic E-state index is 8.95. The van der Waals surface area contributed by atoms with E-state index in [-0.39, 0.29) is 0 Å². The predicted molar refractivity (Wildman–Crippen MR) is 74.5 cm³/mol. The van der Waals surface area contributed by atoms with Crippen LogP contribution in [0.25, 0.3) is 21.5 Å². The molecule has 2 heteroatoms. The quantitative estimate of drug-likeness (QED) is 0.476. The Morgan fingerprint density at radius 1 is 0.778 bits per heavy atom. The first-order valence-electron chi connectivity index (χ1n) is 5.70. The van der Waals surface area contributed by atoms with E-state index in [0.29, 0.717) is 6.47 Å². The fraction of sp³-hybridized carbons (Fsp3) is 0.0625. The lowest BCUT2D eigenvalue weighted by Gasteiger charge is -2.02. The summed E-state index contributed by atoms with van der Waals surface area (Å²) in [4.78, 5) is 8.95. The van der Waals surface area contributed by atoms with Crippen molar-refractivity contribution < 1.29 is 9.53 Å². The van der Waals surface area contributed by atoms with Gasteiger partial charge in [0.05, 0.1) is 7.11 Å². The second-order valence-corrected chi connectivity index (χ2v) is 3.84. The van der Waals surface area contributed by atoms with Gasteiger partial charge in [-0.25, -0.2) is 0 Å². The molecule has 0 aliphatic rings. The van der Waals surface area contributed by atoms with Crippen LogP contribution in [0, 0.1) is 0 Å². The van der Waals surface area contributed by atoms with Crippen LogP contribution in [0.2, 0.25) is 0 Å². The summed E-state index contributed by atoms with van der Waals surface area (Å²) in [6, 6.07) is 21.4. The van der Waals surface area contributed by atoms with E-state index < -0.39 is 0 Å². The monoisotopic (exact) mass is 238 g/mol. The van der Waals surface area contributed by atoms with E-state index in [1.807, 2.05) is 0 Å². The smallest absolute Gasteiger partial charge is 0.292 e. The number of rotatable bonds is 1. The van der Waals surface area contributed by atoms with Crippen molar-refractivity contribution in [3.63, 3.8) is 0 Å². The van der Waals surface area contributed by atoms with Crippen LogP contribution in [-0.2, 0) is 9.53 Å². The third-order valence-electron chi connectivity index (χ3n) is 2.75. The molecule has 0 amide bonds. The topological polar surface area (TPSA) is 26.3 Å². The van der Waals surface area contributed by atoms with Crippen molar-refractivity contribution in [3.05, 3.63) is 60.7 Å². The fourth-order valence-corrected chi connectivity index (χ4v) is 1.95. The molecule has 0 spiro atoms. The summed E-state index contributed by atoms with van der Waals surface area (Å²) in [5.41, 5.74) is 0. The van der Waals surface area contributed by atoms with Gasteiger partial charge in [-0.3, -0.25) is 4.79 Å². The minimum Gasteiger partial charge on any atom is -0.471 e. The molecule has 2 nitrogen and oxygen atoms in total. The maximum Gasteiger partial charge on any atom is 0.292 e. The molecular weight excluding hydrogens is 224 g/mol. The van der Waals surface area contributed by atoms with Crippen LogP contribution < -0.4 is 0 Å². The van der Waals surface area contributed by atoms with Gasteiger partial charge in [0.1, 0.15) is 0 Å². The van der Waals surface area contributed by atoms with Gasteiger partial charge in [-0.05, 0) is 21.5 Å². The Morgan fingerprint density at radius 2 is 1.17 bits per heavy atom. The molecule has 90 valence electrons. The van der Waals surface area contributed by atoms with E-state index in [0.717, 1.165) is 0 Å². The summed E-state index contributed by atoms with van der Waals surface area (Å²) in [7, 11) is 1.31. The zero-order valence-corrected chi connectivity index (χ0v) is 10.2. The summed E-state index contributed by atoms with van der Waals surface area (Å²) >= 11 is 0. The number of ether oxygens (including phenoxy) is 1. The van der Waals surface area contributed by atoms with Crippen molar-refractivity contribution in [2.24, 2.45) is 0 Å². The molecule has 0 unspecified atom stereocenters. The van der Waals surface area contributed by atoms with E-state index in [4.69, 9.17) is 4.79 Å². The Balaban J connectivity index is 0.000000267. The molecule has 18 heavy (non-hydrogen) atoms. The average molecular weight is 238 g/mol. The number of hydrogen-bond donors (Lipinski definition) is 0. The molecule has 0 N–H and O–H groups in total. The van der Waals surface area contributed by atoms with Gasteiger partial charge in [-0.15, -0.1) is 0 Å². The molecule has 0 heterocycles. The van der Waals surface area contributed by atoms with Gasteiger partial charge in [-0.1, -0.05) is 60.7 Å². The molecule has 3 rings (SSSR count). The van der Waals surface area contributed by atoms with Crippen LogP contribution in [0.3, 0.4) is 0 Å². The van der Waals surface area contributed by atoms with E-state index in [9.17, 15) is 0 Å². The van der Waals surface area contributed by atoms with Crippen LogP contribution in [0.15, 0.2) is 60.7 Å². The van der Waals surface area contributed by atoms with E-state index >= 15 is 0 Å². The normalized spacial score (nSPS) is 9.61. The Labute approximate surface area is 106 Å².